The van der Waals surface area contributed by atoms with Crippen LogP contribution in [-0.2, 0) is 15.3 Å². The molecular weight excluding hydrogens is 322 g/mol. The number of carbonyl (C=O) groups is 2. The molecule has 2 rings (SSSR count). The summed E-state index contributed by atoms with van der Waals surface area (Å²) >= 11 is 1.63. The zero-order valence-corrected chi connectivity index (χ0v) is 15.1. The predicted molar refractivity (Wildman–Crippen MR) is 98.7 cm³/mol. The Morgan fingerprint density at radius 3 is 3.00 bits per heavy atom. The van der Waals surface area contributed by atoms with Crippen molar-refractivity contribution in [2.75, 3.05) is 31.9 Å². The van der Waals surface area contributed by atoms with E-state index >= 15 is 0 Å². The third kappa shape index (κ3) is 5.83. The number of nitrogens with zero attached hydrogens (tertiary/aromatic N) is 1. The highest BCUT2D eigenvalue weighted by Gasteiger charge is 2.27. The van der Waals surface area contributed by atoms with Gasteiger partial charge in [-0.15, -0.1) is 11.8 Å². The van der Waals surface area contributed by atoms with Gasteiger partial charge in [-0.2, -0.15) is 0 Å². The van der Waals surface area contributed by atoms with Crippen LogP contribution in [0, 0.1) is 12.8 Å². The van der Waals surface area contributed by atoms with E-state index in [-0.39, 0.29) is 17.7 Å². The zero-order chi connectivity index (χ0) is 17.4. The van der Waals surface area contributed by atoms with Gasteiger partial charge in [0.15, 0.2) is 0 Å². The summed E-state index contributed by atoms with van der Waals surface area (Å²) in [4.78, 5) is 26.3. The van der Waals surface area contributed by atoms with Crippen LogP contribution in [0.5, 0.6) is 0 Å². The summed E-state index contributed by atoms with van der Waals surface area (Å²) in [6.07, 6.45) is 1.73. The number of thioether (sulfide) groups is 1. The van der Waals surface area contributed by atoms with Crippen molar-refractivity contribution in [3.05, 3.63) is 35.4 Å². The van der Waals surface area contributed by atoms with Gasteiger partial charge < -0.3 is 16.0 Å². The van der Waals surface area contributed by atoms with Crippen LogP contribution in [0.2, 0.25) is 0 Å². The molecule has 132 valence electrons. The van der Waals surface area contributed by atoms with Gasteiger partial charge in [0.1, 0.15) is 0 Å². The van der Waals surface area contributed by atoms with Gasteiger partial charge in [-0.3, -0.25) is 9.59 Å². The molecule has 5 nitrogen and oxygen atoms in total. The quantitative estimate of drug-likeness (QED) is 0.783. The Kier molecular flexibility index (Phi) is 7.59. The summed E-state index contributed by atoms with van der Waals surface area (Å²) in [5.74, 6) is 1.35. The lowest BCUT2D eigenvalue weighted by Crippen LogP contribution is -2.46. The lowest BCUT2D eigenvalue weighted by atomic mass is 9.97. The van der Waals surface area contributed by atoms with Crippen LogP contribution in [0.15, 0.2) is 24.3 Å². The molecule has 1 aromatic carbocycles. The van der Waals surface area contributed by atoms with Crippen LogP contribution in [-0.4, -0.2) is 48.6 Å². The number of likely N-dealkylation sites (tertiary alicyclic amines) is 1. The van der Waals surface area contributed by atoms with Crippen molar-refractivity contribution in [2.24, 2.45) is 11.7 Å². The maximum Gasteiger partial charge on any atom is 0.232 e. The Morgan fingerprint density at radius 2 is 2.25 bits per heavy atom. The molecule has 0 radical (unpaired) electrons. The minimum atomic E-state index is -0.101. The van der Waals surface area contributed by atoms with E-state index in [1.54, 1.807) is 11.8 Å². The van der Waals surface area contributed by atoms with Gasteiger partial charge in [-0.05, 0) is 25.3 Å². The van der Waals surface area contributed by atoms with Crippen molar-refractivity contribution < 1.29 is 9.59 Å². The molecule has 1 aliphatic rings. The number of nitrogens with one attached hydrogen (secondary N) is 1. The van der Waals surface area contributed by atoms with Crippen LogP contribution < -0.4 is 11.1 Å². The molecule has 1 aliphatic heterocycles. The molecular formula is C18H27N3O2S. The first-order valence-corrected chi connectivity index (χ1v) is 9.64. The molecule has 1 heterocycles. The second-order valence-electron chi connectivity index (χ2n) is 6.24. The van der Waals surface area contributed by atoms with Crippen molar-refractivity contribution >= 4 is 23.6 Å². The normalized spacial score (nSPS) is 17.6. The number of rotatable bonds is 7. The smallest absolute Gasteiger partial charge is 0.232 e. The molecule has 1 unspecified atom stereocenters. The van der Waals surface area contributed by atoms with Crippen LogP contribution in [0.3, 0.4) is 0 Å². The summed E-state index contributed by atoms with van der Waals surface area (Å²) in [6, 6.07) is 8.35. The fourth-order valence-corrected chi connectivity index (χ4v) is 3.78. The van der Waals surface area contributed by atoms with Gasteiger partial charge in [-0.1, -0.05) is 29.8 Å². The van der Waals surface area contributed by atoms with Crippen LogP contribution in [0.25, 0.3) is 0 Å². The van der Waals surface area contributed by atoms with Crippen molar-refractivity contribution in [3.8, 4) is 0 Å². The second kappa shape index (κ2) is 9.69. The molecule has 0 saturated carbocycles. The van der Waals surface area contributed by atoms with E-state index in [1.165, 1.54) is 11.1 Å². The van der Waals surface area contributed by atoms with E-state index in [1.807, 2.05) is 11.0 Å². The Balaban J connectivity index is 1.76. The van der Waals surface area contributed by atoms with Crippen LogP contribution >= 0.6 is 11.8 Å². The van der Waals surface area contributed by atoms with Gasteiger partial charge in [0.25, 0.3) is 0 Å². The number of piperidine rings is 1. The molecule has 0 bridgehead atoms. The lowest BCUT2D eigenvalue weighted by Gasteiger charge is -2.32. The Labute approximate surface area is 148 Å². The average molecular weight is 350 g/mol. The van der Waals surface area contributed by atoms with E-state index in [0.29, 0.717) is 25.4 Å². The van der Waals surface area contributed by atoms with Gasteiger partial charge in [0.05, 0.1) is 11.7 Å². The first-order valence-electron chi connectivity index (χ1n) is 8.49. The van der Waals surface area contributed by atoms with Crippen molar-refractivity contribution in [1.82, 2.24) is 10.2 Å². The zero-order valence-electron chi connectivity index (χ0n) is 14.3. The fraction of sp³-hybridized carbons (Fsp3) is 0.556. The molecule has 0 aliphatic carbocycles. The molecule has 3 N–H and O–H groups in total. The van der Waals surface area contributed by atoms with Crippen LogP contribution in [0.4, 0.5) is 0 Å². The van der Waals surface area contributed by atoms with E-state index in [9.17, 15) is 9.59 Å². The van der Waals surface area contributed by atoms with Gasteiger partial charge in [0, 0.05) is 31.9 Å². The summed E-state index contributed by atoms with van der Waals surface area (Å²) in [7, 11) is 0. The fourth-order valence-electron chi connectivity index (χ4n) is 2.91. The van der Waals surface area contributed by atoms with Crippen molar-refractivity contribution in [2.45, 2.75) is 25.5 Å². The molecule has 2 amide bonds. The first kappa shape index (κ1) is 18.8. The molecule has 0 spiro atoms. The van der Waals surface area contributed by atoms with Crippen molar-refractivity contribution in [1.29, 1.82) is 0 Å². The summed E-state index contributed by atoms with van der Waals surface area (Å²) in [5, 5.41) is 2.82. The van der Waals surface area contributed by atoms with E-state index in [2.05, 4.69) is 30.4 Å². The van der Waals surface area contributed by atoms with E-state index in [4.69, 9.17) is 5.73 Å². The maximum absolute atomic E-state index is 12.4. The molecule has 1 aromatic rings. The largest absolute Gasteiger partial charge is 0.355 e. The SMILES string of the molecule is Cc1cccc(CSCC(=O)N2CCCC(C(=O)NCCN)C2)c1. The molecule has 24 heavy (non-hydrogen) atoms. The standard InChI is InChI=1S/C18H27N3O2S/c1-14-4-2-5-15(10-14)12-24-13-17(22)21-9-3-6-16(11-21)18(23)20-8-7-19/h2,4-5,10,16H,3,6-9,11-13,19H2,1H3,(H,20,23). The Hall–Kier alpha value is -1.53. The van der Waals surface area contributed by atoms with Crippen LogP contribution in [0.1, 0.15) is 24.0 Å². The van der Waals surface area contributed by atoms with Gasteiger partial charge in [0.2, 0.25) is 11.8 Å². The predicted octanol–water partition coefficient (Wildman–Crippen LogP) is 1.54. The topological polar surface area (TPSA) is 75.4 Å². The summed E-state index contributed by atoms with van der Waals surface area (Å²) in [5.41, 5.74) is 7.89. The van der Waals surface area contributed by atoms with Gasteiger partial charge >= 0.3 is 0 Å². The average Bonchev–Trinajstić information content (AvgIpc) is 2.59. The number of hydrogen-bond acceptors (Lipinski definition) is 4. The third-order valence-electron chi connectivity index (χ3n) is 4.17. The number of carbonyl (C=O) groups excluding carboxylic acids is 2. The Morgan fingerprint density at radius 1 is 1.42 bits per heavy atom. The summed E-state index contributed by atoms with van der Waals surface area (Å²) in [6.45, 7) is 4.29. The molecule has 6 heteroatoms. The number of hydrogen-bond donors (Lipinski definition) is 2. The number of amides is 2. The second-order valence-corrected chi connectivity index (χ2v) is 7.23. The lowest BCUT2D eigenvalue weighted by molar-refractivity contribution is -0.133. The highest BCUT2D eigenvalue weighted by molar-refractivity contribution is 7.99. The minimum absolute atomic E-state index is 0.0189. The third-order valence-corrected chi connectivity index (χ3v) is 5.15. The first-order chi connectivity index (χ1) is 11.6. The maximum atomic E-state index is 12.4. The van der Waals surface area contributed by atoms with E-state index in [0.717, 1.165) is 25.1 Å². The molecule has 1 fully saturated rings. The highest BCUT2D eigenvalue weighted by atomic mass is 32.2. The molecule has 1 saturated heterocycles. The Bertz CT molecular complexity index is 565. The molecule has 0 aromatic heterocycles. The van der Waals surface area contributed by atoms with E-state index < -0.39 is 0 Å². The number of nitrogens with two attached hydrogens (primary N) is 1. The number of benzene rings is 1. The molecule has 1 atom stereocenters. The minimum Gasteiger partial charge on any atom is -0.355 e. The van der Waals surface area contributed by atoms with Gasteiger partial charge in [-0.25, -0.2) is 0 Å². The van der Waals surface area contributed by atoms with Crippen molar-refractivity contribution in [3.63, 3.8) is 0 Å². The monoisotopic (exact) mass is 349 g/mol. The number of aryl methyl sites for hydroxylation is 1. The highest BCUT2D eigenvalue weighted by Crippen LogP contribution is 2.19. The summed E-state index contributed by atoms with van der Waals surface area (Å²) < 4.78 is 0.